The van der Waals surface area contributed by atoms with Crippen LogP contribution in [0.2, 0.25) is 0 Å². The van der Waals surface area contributed by atoms with Gasteiger partial charge in [-0.05, 0) is 47.9 Å². The van der Waals surface area contributed by atoms with E-state index < -0.39 is 0 Å². The molecule has 0 aliphatic carbocycles. The van der Waals surface area contributed by atoms with Gasteiger partial charge in [0.2, 0.25) is 0 Å². The minimum Gasteiger partial charge on any atom is -0.453 e. The molecular formula is C28H23Br2NO. The predicted octanol–water partition coefficient (Wildman–Crippen LogP) is 9.88. The van der Waals surface area contributed by atoms with Crippen molar-refractivity contribution in [3.8, 4) is 0 Å². The zero-order valence-corrected chi connectivity index (χ0v) is 21.4. The fourth-order valence-electron chi connectivity index (χ4n) is 4.23. The Morgan fingerprint density at radius 2 is 1.12 bits per heavy atom. The molecule has 0 fully saturated rings. The zero-order valence-electron chi connectivity index (χ0n) is 18.2. The molecule has 0 bridgehead atoms. The molecule has 4 heteroatoms. The summed E-state index contributed by atoms with van der Waals surface area (Å²) >= 11 is 7.59. The van der Waals surface area contributed by atoms with Crippen LogP contribution < -0.4 is 4.90 Å². The van der Waals surface area contributed by atoms with Crippen molar-refractivity contribution in [2.24, 2.45) is 0 Å². The standard InChI is InChI=1S/C28H23Br2NO/c1-28(2,3)20-14-15-21(29)24-25-22(30)16-17-23(27(25)32-26(20)24)31(18-10-6-4-7-11-18)19-12-8-5-9-13-19/h4-17H,1-3H3. The normalized spacial score (nSPS) is 11.9. The van der Waals surface area contributed by atoms with Gasteiger partial charge in [-0.3, -0.25) is 0 Å². The molecule has 5 aromatic rings. The molecule has 0 unspecified atom stereocenters. The lowest BCUT2D eigenvalue weighted by Gasteiger charge is -2.25. The van der Waals surface area contributed by atoms with Gasteiger partial charge in [0.25, 0.3) is 0 Å². The molecule has 0 aliphatic rings. The molecule has 0 saturated carbocycles. The third-order valence-corrected chi connectivity index (χ3v) is 7.05. The molecule has 0 amide bonds. The maximum Gasteiger partial charge on any atom is 0.160 e. The van der Waals surface area contributed by atoms with Crippen LogP contribution in [-0.4, -0.2) is 0 Å². The van der Waals surface area contributed by atoms with Gasteiger partial charge in [-0.15, -0.1) is 0 Å². The number of para-hydroxylation sites is 2. The highest BCUT2D eigenvalue weighted by Crippen LogP contribution is 2.48. The van der Waals surface area contributed by atoms with E-state index in [1.165, 1.54) is 5.56 Å². The summed E-state index contributed by atoms with van der Waals surface area (Å²) in [6.07, 6.45) is 0. The number of hydrogen-bond donors (Lipinski definition) is 0. The van der Waals surface area contributed by atoms with Crippen LogP contribution in [0.5, 0.6) is 0 Å². The lowest BCUT2D eigenvalue weighted by atomic mass is 9.86. The van der Waals surface area contributed by atoms with E-state index in [9.17, 15) is 0 Å². The van der Waals surface area contributed by atoms with Crippen LogP contribution in [0, 0.1) is 0 Å². The summed E-state index contributed by atoms with van der Waals surface area (Å²) in [6, 6.07) is 29.4. The van der Waals surface area contributed by atoms with Crippen LogP contribution in [-0.2, 0) is 5.41 Å². The van der Waals surface area contributed by atoms with Crippen molar-refractivity contribution in [3.63, 3.8) is 0 Å². The second-order valence-corrected chi connectivity index (χ2v) is 10.6. The highest BCUT2D eigenvalue weighted by Gasteiger charge is 2.26. The summed E-state index contributed by atoms with van der Waals surface area (Å²) in [5.74, 6) is 0. The van der Waals surface area contributed by atoms with Crippen LogP contribution in [0.4, 0.5) is 17.1 Å². The zero-order chi connectivity index (χ0) is 22.5. The Labute approximate surface area is 205 Å². The van der Waals surface area contributed by atoms with E-state index >= 15 is 0 Å². The topological polar surface area (TPSA) is 16.4 Å². The summed E-state index contributed by atoms with van der Waals surface area (Å²) in [5.41, 5.74) is 6.10. The van der Waals surface area contributed by atoms with Crippen molar-refractivity contribution in [3.05, 3.63) is 99.4 Å². The molecule has 4 aromatic carbocycles. The summed E-state index contributed by atoms with van der Waals surface area (Å²) in [4.78, 5) is 2.25. The minimum absolute atomic E-state index is 0.0436. The fourth-order valence-corrected chi connectivity index (χ4v) is 5.25. The first-order chi connectivity index (χ1) is 15.4. The number of halogens is 2. The maximum atomic E-state index is 6.73. The monoisotopic (exact) mass is 547 g/mol. The molecule has 0 aliphatic heterocycles. The van der Waals surface area contributed by atoms with Crippen molar-refractivity contribution in [2.45, 2.75) is 26.2 Å². The van der Waals surface area contributed by atoms with Gasteiger partial charge < -0.3 is 9.32 Å². The number of benzene rings is 4. The lowest BCUT2D eigenvalue weighted by molar-refractivity contribution is 0.573. The van der Waals surface area contributed by atoms with E-state index in [4.69, 9.17) is 4.42 Å². The summed E-state index contributed by atoms with van der Waals surface area (Å²) in [5, 5.41) is 2.18. The first-order valence-electron chi connectivity index (χ1n) is 10.6. The van der Waals surface area contributed by atoms with Crippen molar-refractivity contribution < 1.29 is 4.42 Å². The smallest absolute Gasteiger partial charge is 0.160 e. The molecule has 32 heavy (non-hydrogen) atoms. The van der Waals surface area contributed by atoms with Crippen LogP contribution in [0.25, 0.3) is 21.9 Å². The largest absolute Gasteiger partial charge is 0.453 e. The average Bonchev–Trinajstić information content (AvgIpc) is 3.19. The number of rotatable bonds is 3. The van der Waals surface area contributed by atoms with E-state index in [1.54, 1.807) is 0 Å². The third-order valence-electron chi connectivity index (χ3n) is 5.72. The van der Waals surface area contributed by atoms with Crippen molar-refractivity contribution >= 4 is 70.9 Å². The molecule has 2 nitrogen and oxygen atoms in total. The van der Waals surface area contributed by atoms with E-state index in [2.05, 4.69) is 130 Å². The van der Waals surface area contributed by atoms with Crippen LogP contribution in [0.15, 0.2) is 98.3 Å². The average molecular weight is 549 g/mol. The highest BCUT2D eigenvalue weighted by molar-refractivity contribution is 9.11. The van der Waals surface area contributed by atoms with Crippen molar-refractivity contribution in [1.82, 2.24) is 0 Å². The minimum atomic E-state index is -0.0436. The molecule has 1 heterocycles. The van der Waals surface area contributed by atoms with Crippen molar-refractivity contribution in [1.29, 1.82) is 0 Å². The van der Waals surface area contributed by atoms with Crippen LogP contribution >= 0.6 is 31.9 Å². The molecule has 5 rings (SSSR count). The van der Waals surface area contributed by atoms with Gasteiger partial charge in [-0.2, -0.15) is 0 Å². The first-order valence-corrected chi connectivity index (χ1v) is 12.2. The lowest BCUT2D eigenvalue weighted by Crippen LogP contribution is -2.11. The number of anilines is 3. The summed E-state index contributed by atoms with van der Waals surface area (Å²) in [7, 11) is 0. The molecule has 1 aromatic heterocycles. The third kappa shape index (κ3) is 3.56. The van der Waals surface area contributed by atoms with Gasteiger partial charge in [-0.1, -0.05) is 95.1 Å². The SMILES string of the molecule is CC(C)(C)c1ccc(Br)c2c1oc1c(N(c3ccccc3)c3ccccc3)ccc(Br)c12. The molecule has 160 valence electrons. The second kappa shape index (κ2) is 8.09. The van der Waals surface area contributed by atoms with Gasteiger partial charge in [-0.25, -0.2) is 0 Å². The number of furan rings is 1. The van der Waals surface area contributed by atoms with Crippen molar-refractivity contribution in [2.75, 3.05) is 4.90 Å². The van der Waals surface area contributed by atoms with Crippen LogP contribution in [0.3, 0.4) is 0 Å². The van der Waals surface area contributed by atoms with Gasteiger partial charge >= 0.3 is 0 Å². The van der Waals surface area contributed by atoms with Gasteiger partial charge in [0.05, 0.1) is 5.69 Å². The maximum absolute atomic E-state index is 6.73. The number of fused-ring (bicyclic) bond motifs is 3. The fraction of sp³-hybridized carbons (Fsp3) is 0.143. The summed E-state index contributed by atoms with van der Waals surface area (Å²) < 4.78 is 8.77. The Kier molecular flexibility index (Phi) is 5.39. The Hall–Kier alpha value is -2.56. The Balaban J connectivity index is 1.89. The van der Waals surface area contributed by atoms with E-state index in [-0.39, 0.29) is 5.41 Å². The predicted molar refractivity (Wildman–Crippen MR) is 143 cm³/mol. The second-order valence-electron chi connectivity index (χ2n) is 8.93. The Bertz CT molecular complexity index is 1380. The molecule has 0 N–H and O–H groups in total. The quantitative estimate of drug-likeness (QED) is 0.223. The van der Waals surface area contributed by atoms with E-state index in [1.807, 2.05) is 12.1 Å². The molecule has 0 saturated heterocycles. The molecule has 0 atom stereocenters. The summed E-state index contributed by atoms with van der Waals surface area (Å²) in [6.45, 7) is 6.66. The number of hydrogen-bond acceptors (Lipinski definition) is 2. The molecule has 0 radical (unpaired) electrons. The Morgan fingerprint density at radius 1 is 0.625 bits per heavy atom. The molecule has 0 spiro atoms. The van der Waals surface area contributed by atoms with E-state index in [0.29, 0.717) is 0 Å². The molecular weight excluding hydrogens is 526 g/mol. The van der Waals surface area contributed by atoms with Gasteiger partial charge in [0.1, 0.15) is 5.58 Å². The van der Waals surface area contributed by atoms with Crippen LogP contribution in [0.1, 0.15) is 26.3 Å². The van der Waals surface area contributed by atoms with E-state index in [0.717, 1.165) is 47.9 Å². The van der Waals surface area contributed by atoms with Gasteiger partial charge in [0.15, 0.2) is 5.58 Å². The highest BCUT2D eigenvalue weighted by atomic mass is 79.9. The Morgan fingerprint density at radius 3 is 1.66 bits per heavy atom. The first kappa shape index (κ1) is 21.3. The van der Waals surface area contributed by atoms with Gasteiger partial charge in [0, 0.05) is 36.7 Å². The number of nitrogens with zero attached hydrogens (tertiary/aromatic N) is 1.